The molecule has 1 unspecified atom stereocenters. The smallest absolute Gasteiger partial charge is 0.147 e. The summed E-state index contributed by atoms with van der Waals surface area (Å²) in [4.78, 5) is 10.6. The van der Waals surface area contributed by atoms with Crippen LogP contribution in [0.15, 0.2) is 12.4 Å². The normalized spacial score (nSPS) is 22.2. The molecule has 1 saturated heterocycles. The first-order valence-electron chi connectivity index (χ1n) is 5.58. The summed E-state index contributed by atoms with van der Waals surface area (Å²) in [7, 11) is 0. The average molecular weight is 242 g/mol. The van der Waals surface area contributed by atoms with E-state index in [0.717, 1.165) is 38.4 Å². The van der Waals surface area contributed by atoms with Gasteiger partial charge in [0.1, 0.15) is 5.15 Å². The molecule has 1 aliphatic rings. The number of ether oxygens (including phenoxy) is 1. The lowest BCUT2D eigenvalue weighted by atomic mass is 10.2. The number of nitrogens with zero attached hydrogens (tertiary/aromatic N) is 3. The van der Waals surface area contributed by atoms with Gasteiger partial charge < -0.3 is 4.74 Å². The highest BCUT2D eigenvalue weighted by Crippen LogP contribution is 2.11. The van der Waals surface area contributed by atoms with E-state index in [9.17, 15) is 0 Å². The zero-order valence-electron chi connectivity index (χ0n) is 9.40. The second-order valence-electron chi connectivity index (χ2n) is 3.97. The van der Waals surface area contributed by atoms with Crippen LogP contribution in [0.4, 0.5) is 0 Å². The molecule has 0 aliphatic carbocycles. The maximum Gasteiger partial charge on any atom is 0.147 e. The predicted molar refractivity (Wildman–Crippen MR) is 62.4 cm³/mol. The molecule has 1 aromatic heterocycles. The molecule has 4 nitrogen and oxygen atoms in total. The number of rotatable bonds is 3. The van der Waals surface area contributed by atoms with Gasteiger partial charge in [-0.15, -0.1) is 0 Å². The second-order valence-corrected chi connectivity index (χ2v) is 4.35. The Morgan fingerprint density at radius 1 is 1.50 bits per heavy atom. The van der Waals surface area contributed by atoms with Gasteiger partial charge in [0.25, 0.3) is 0 Å². The fraction of sp³-hybridized carbons (Fsp3) is 0.636. The van der Waals surface area contributed by atoms with E-state index >= 15 is 0 Å². The summed E-state index contributed by atoms with van der Waals surface area (Å²) in [6.07, 6.45) is 4.74. The van der Waals surface area contributed by atoms with E-state index < -0.39 is 0 Å². The summed E-state index contributed by atoms with van der Waals surface area (Å²) < 4.78 is 5.62. The van der Waals surface area contributed by atoms with Crippen molar-refractivity contribution < 1.29 is 4.74 Å². The molecule has 1 atom stereocenters. The Morgan fingerprint density at radius 3 is 3.06 bits per heavy atom. The maximum absolute atomic E-state index is 5.69. The van der Waals surface area contributed by atoms with Crippen molar-refractivity contribution in [2.24, 2.45) is 0 Å². The van der Waals surface area contributed by atoms with Gasteiger partial charge in [-0.3, -0.25) is 9.88 Å². The third-order valence-electron chi connectivity index (χ3n) is 2.74. The number of aromatic nitrogens is 2. The van der Waals surface area contributed by atoms with Gasteiger partial charge in [0.05, 0.1) is 30.8 Å². The minimum absolute atomic E-state index is 0.356. The van der Waals surface area contributed by atoms with Crippen LogP contribution in [-0.4, -0.2) is 40.7 Å². The fourth-order valence-corrected chi connectivity index (χ4v) is 1.92. The molecule has 0 saturated carbocycles. The van der Waals surface area contributed by atoms with Crippen molar-refractivity contribution in [3.63, 3.8) is 0 Å². The zero-order chi connectivity index (χ0) is 11.4. The Hall–Kier alpha value is -0.710. The highest BCUT2D eigenvalue weighted by molar-refractivity contribution is 6.29. The van der Waals surface area contributed by atoms with Crippen molar-refractivity contribution in [2.75, 3.05) is 19.7 Å². The molecule has 88 valence electrons. The summed E-state index contributed by atoms with van der Waals surface area (Å²) in [6.45, 7) is 5.71. The Labute approximate surface area is 101 Å². The van der Waals surface area contributed by atoms with Gasteiger partial charge in [0, 0.05) is 19.6 Å². The van der Waals surface area contributed by atoms with Crippen molar-refractivity contribution in [1.29, 1.82) is 0 Å². The quantitative estimate of drug-likeness (QED) is 0.808. The Bertz CT molecular complexity index is 331. The minimum Gasteiger partial charge on any atom is -0.376 e. The molecule has 1 aromatic rings. The summed E-state index contributed by atoms with van der Waals surface area (Å²) in [5.74, 6) is 0. The van der Waals surface area contributed by atoms with Gasteiger partial charge in [0.15, 0.2) is 0 Å². The van der Waals surface area contributed by atoms with Crippen LogP contribution in [-0.2, 0) is 11.3 Å². The fourth-order valence-electron chi connectivity index (χ4n) is 1.82. The first-order chi connectivity index (χ1) is 7.78. The lowest BCUT2D eigenvalue weighted by Gasteiger charge is -2.32. The van der Waals surface area contributed by atoms with Crippen LogP contribution in [0.2, 0.25) is 5.15 Å². The monoisotopic (exact) mass is 241 g/mol. The van der Waals surface area contributed by atoms with Gasteiger partial charge in [-0.2, -0.15) is 0 Å². The molecule has 0 amide bonds. The van der Waals surface area contributed by atoms with Gasteiger partial charge >= 0.3 is 0 Å². The Morgan fingerprint density at radius 2 is 2.38 bits per heavy atom. The molecule has 16 heavy (non-hydrogen) atoms. The molecule has 5 heteroatoms. The van der Waals surface area contributed by atoms with Crippen LogP contribution in [0, 0.1) is 0 Å². The molecule has 0 spiro atoms. The van der Waals surface area contributed by atoms with E-state index in [1.54, 1.807) is 12.4 Å². The number of hydrogen-bond acceptors (Lipinski definition) is 4. The summed E-state index contributed by atoms with van der Waals surface area (Å²) in [5, 5.41) is 0.442. The predicted octanol–water partition coefficient (Wildman–Crippen LogP) is 1.74. The topological polar surface area (TPSA) is 38.2 Å². The third-order valence-corrected chi connectivity index (χ3v) is 2.93. The van der Waals surface area contributed by atoms with Crippen molar-refractivity contribution in [2.45, 2.75) is 26.0 Å². The van der Waals surface area contributed by atoms with Crippen LogP contribution >= 0.6 is 11.6 Å². The third kappa shape index (κ3) is 3.14. The van der Waals surface area contributed by atoms with Crippen LogP contribution in [0.3, 0.4) is 0 Å². The summed E-state index contributed by atoms with van der Waals surface area (Å²) in [6, 6.07) is 0. The van der Waals surface area contributed by atoms with Gasteiger partial charge in [-0.25, -0.2) is 4.98 Å². The zero-order valence-corrected chi connectivity index (χ0v) is 10.2. The van der Waals surface area contributed by atoms with E-state index in [-0.39, 0.29) is 0 Å². The van der Waals surface area contributed by atoms with Crippen LogP contribution in [0.25, 0.3) is 0 Å². The lowest BCUT2D eigenvalue weighted by Crippen LogP contribution is -2.41. The van der Waals surface area contributed by atoms with E-state index in [1.165, 1.54) is 0 Å². The van der Waals surface area contributed by atoms with E-state index in [4.69, 9.17) is 16.3 Å². The summed E-state index contributed by atoms with van der Waals surface area (Å²) >= 11 is 5.69. The number of hydrogen-bond donors (Lipinski definition) is 0. The molecule has 2 heterocycles. The molecule has 0 aromatic carbocycles. The van der Waals surface area contributed by atoms with Gasteiger partial charge in [-0.1, -0.05) is 18.5 Å². The highest BCUT2D eigenvalue weighted by atomic mass is 35.5. The van der Waals surface area contributed by atoms with Gasteiger partial charge in [0.2, 0.25) is 0 Å². The van der Waals surface area contributed by atoms with E-state index in [1.807, 2.05) is 0 Å². The first kappa shape index (κ1) is 11.8. The van der Waals surface area contributed by atoms with E-state index in [2.05, 4.69) is 21.8 Å². The average Bonchev–Trinajstić information content (AvgIpc) is 2.32. The molecule has 2 rings (SSSR count). The molecule has 1 aliphatic heterocycles. The second kappa shape index (κ2) is 5.57. The first-order valence-corrected chi connectivity index (χ1v) is 5.96. The molecular formula is C11H16ClN3O. The molecule has 0 radical (unpaired) electrons. The minimum atomic E-state index is 0.356. The van der Waals surface area contributed by atoms with Gasteiger partial charge in [-0.05, 0) is 6.42 Å². The van der Waals surface area contributed by atoms with Crippen molar-refractivity contribution in [3.05, 3.63) is 23.2 Å². The Kier molecular flexibility index (Phi) is 4.09. The van der Waals surface area contributed by atoms with Crippen molar-refractivity contribution in [1.82, 2.24) is 14.9 Å². The number of morpholine rings is 1. The molecular weight excluding hydrogens is 226 g/mol. The molecule has 1 fully saturated rings. The maximum atomic E-state index is 5.69. The highest BCUT2D eigenvalue weighted by Gasteiger charge is 2.19. The van der Waals surface area contributed by atoms with Crippen LogP contribution in [0.1, 0.15) is 19.0 Å². The molecule has 0 bridgehead atoms. The van der Waals surface area contributed by atoms with Crippen molar-refractivity contribution in [3.8, 4) is 0 Å². The lowest BCUT2D eigenvalue weighted by molar-refractivity contribution is -0.0328. The summed E-state index contributed by atoms with van der Waals surface area (Å²) in [5.41, 5.74) is 0.959. The van der Waals surface area contributed by atoms with E-state index in [0.29, 0.717) is 11.3 Å². The van der Waals surface area contributed by atoms with Crippen molar-refractivity contribution >= 4 is 11.6 Å². The van der Waals surface area contributed by atoms with Crippen LogP contribution in [0.5, 0.6) is 0 Å². The Balaban J connectivity index is 1.91. The largest absolute Gasteiger partial charge is 0.376 e. The van der Waals surface area contributed by atoms with Crippen LogP contribution < -0.4 is 0 Å². The number of halogens is 1. The molecule has 0 N–H and O–H groups in total. The SMILES string of the molecule is CCC1CN(Cc2cnc(Cl)cn2)CCO1. The standard InChI is InChI=1S/C11H16ClN3O/c1-2-10-8-15(3-4-16-10)7-9-5-14-11(12)6-13-9/h5-6,10H,2-4,7-8H2,1H3.